The molecule has 0 radical (unpaired) electrons. The van der Waals surface area contributed by atoms with E-state index in [1.807, 2.05) is 24.3 Å². The van der Waals surface area contributed by atoms with E-state index in [-0.39, 0.29) is 0 Å². The first-order valence-corrected chi connectivity index (χ1v) is 21.3. The molecular weight excluding hydrogens is 757 g/mol. The lowest BCUT2D eigenvalue weighted by Crippen LogP contribution is -2.31. The lowest BCUT2D eigenvalue weighted by molar-refractivity contribution is 0.692. The van der Waals surface area contributed by atoms with Gasteiger partial charge in [-0.15, -0.1) is 22.7 Å². The molecule has 0 saturated carbocycles. The maximum absolute atomic E-state index is 5.61. The molecular formula is C53H32N4S2. The number of thiazole rings is 1. The summed E-state index contributed by atoms with van der Waals surface area (Å²) in [6.07, 6.45) is 0. The van der Waals surface area contributed by atoms with Crippen molar-refractivity contribution < 1.29 is 0 Å². The van der Waals surface area contributed by atoms with Gasteiger partial charge in [-0.2, -0.15) is 0 Å². The molecule has 276 valence electrons. The van der Waals surface area contributed by atoms with Crippen molar-refractivity contribution in [3.05, 3.63) is 217 Å². The van der Waals surface area contributed by atoms with Gasteiger partial charge in [-0.05, 0) is 69.3 Å². The molecule has 0 aliphatic heterocycles. The molecule has 11 aromatic rings. The molecule has 0 bridgehead atoms. The molecule has 0 N–H and O–H groups in total. The van der Waals surface area contributed by atoms with Crippen LogP contribution in [0.2, 0.25) is 0 Å². The maximum Gasteiger partial charge on any atom is 0.164 e. The number of aromatic nitrogens is 4. The SMILES string of the molecule is c1ccc(-c2nc(-c3cccc4sc5ccc(-c6ccc7sc(-c8ccccc8)nc7c6)cc5c34)nc(C3(c4ccccc4)c4ccccc4-c4ccccc43)n2)cc1. The molecule has 8 aromatic carbocycles. The summed E-state index contributed by atoms with van der Waals surface area (Å²) in [6, 6.07) is 68.9. The van der Waals surface area contributed by atoms with Gasteiger partial charge in [0.1, 0.15) is 10.4 Å². The third kappa shape index (κ3) is 5.34. The van der Waals surface area contributed by atoms with Crippen LogP contribution < -0.4 is 0 Å². The van der Waals surface area contributed by atoms with Crippen molar-refractivity contribution >= 4 is 53.1 Å². The molecule has 12 rings (SSSR count). The number of nitrogens with zero attached hydrogens (tertiary/aromatic N) is 4. The summed E-state index contributed by atoms with van der Waals surface area (Å²) >= 11 is 3.54. The number of benzene rings is 8. The van der Waals surface area contributed by atoms with Crippen molar-refractivity contribution in [3.8, 4) is 55.6 Å². The first-order chi connectivity index (χ1) is 29.2. The quantitative estimate of drug-likeness (QED) is 0.168. The van der Waals surface area contributed by atoms with Gasteiger partial charge >= 0.3 is 0 Å². The van der Waals surface area contributed by atoms with Gasteiger partial charge in [-0.1, -0.05) is 164 Å². The summed E-state index contributed by atoms with van der Waals surface area (Å²) in [5, 5.41) is 3.36. The van der Waals surface area contributed by atoms with Crippen LogP contribution in [0, 0.1) is 0 Å². The summed E-state index contributed by atoms with van der Waals surface area (Å²) in [7, 11) is 0. The third-order valence-electron chi connectivity index (χ3n) is 11.6. The van der Waals surface area contributed by atoms with E-state index in [0.717, 1.165) is 49.3 Å². The van der Waals surface area contributed by atoms with Crippen LogP contribution >= 0.6 is 22.7 Å². The van der Waals surface area contributed by atoms with E-state index in [0.29, 0.717) is 17.5 Å². The van der Waals surface area contributed by atoms with Crippen molar-refractivity contribution in [2.45, 2.75) is 5.41 Å². The van der Waals surface area contributed by atoms with Crippen LogP contribution in [-0.4, -0.2) is 19.9 Å². The van der Waals surface area contributed by atoms with Crippen LogP contribution in [0.25, 0.3) is 86.0 Å². The molecule has 0 fully saturated rings. The molecule has 3 heterocycles. The fraction of sp³-hybridized carbons (Fsp3) is 0.0189. The van der Waals surface area contributed by atoms with Gasteiger partial charge in [0.15, 0.2) is 17.5 Å². The molecule has 0 saturated heterocycles. The Morgan fingerprint density at radius 2 is 0.966 bits per heavy atom. The van der Waals surface area contributed by atoms with E-state index >= 15 is 0 Å². The first kappa shape index (κ1) is 34.0. The number of thiophene rings is 1. The zero-order valence-corrected chi connectivity index (χ0v) is 33.2. The van der Waals surface area contributed by atoms with E-state index < -0.39 is 5.41 Å². The normalized spacial score (nSPS) is 12.9. The minimum atomic E-state index is -0.776. The minimum Gasteiger partial charge on any atom is -0.236 e. The van der Waals surface area contributed by atoms with E-state index in [4.69, 9.17) is 19.9 Å². The van der Waals surface area contributed by atoms with E-state index in [1.54, 1.807) is 22.7 Å². The second-order valence-corrected chi connectivity index (χ2v) is 17.1. The fourth-order valence-electron chi connectivity index (χ4n) is 8.99. The molecule has 6 heteroatoms. The Morgan fingerprint density at radius 3 is 1.69 bits per heavy atom. The van der Waals surface area contributed by atoms with Crippen molar-refractivity contribution in [2.75, 3.05) is 0 Å². The molecule has 0 amide bonds. The molecule has 3 aromatic heterocycles. The second-order valence-electron chi connectivity index (χ2n) is 14.9. The van der Waals surface area contributed by atoms with Crippen molar-refractivity contribution in [1.82, 2.24) is 19.9 Å². The van der Waals surface area contributed by atoms with Gasteiger partial charge < -0.3 is 0 Å². The number of rotatable bonds is 6. The molecule has 1 aliphatic carbocycles. The number of hydrogen-bond acceptors (Lipinski definition) is 6. The second kappa shape index (κ2) is 13.5. The maximum atomic E-state index is 5.61. The van der Waals surface area contributed by atoms with E-state index in [9.17, 15) is 0 Å². The Bertz CT molecular complexity index is 3350. The summed E-state index contributed by atoms with van der Waals surface area (Å²) in [5.74, 6) is 2.00. The Balaban J connectivity index is 1.09. The lowest BCUT2D eigenvalue weighted by Gasteiger charge is -2.32. The highest BCUT2D eigenvalue weighted by Crippen LogP contribution is 2.55. The predicted molar refractivity (Wildman–Crippen MR) is 245 cm³/mol. The summed E-state index contributed by atoms with van der Waals surface area (Å²) < 4.78 is 3.58. The van der Waals surface area contributed by atoms with Crippen LogP contribution in [-0.2, 0) is 5.41 Å². The highest BCUT2D eigenvalue weighted by Gasteiger charge is 2.48. The van der Waals surface area contributed by atoms with Crippen molar-refractivity contribution in [1.29, 1.82) is 0 Å². The summed E-state index contributed by atoms with van der Waals surface area (Å²) in [6.45, 7) is 0. The molecule has 4 nitrogen and oxygen atoms in total. The van der Waals surface area contributed by atoms with Crippen molar-refractivity contribution in [2.24, 2.45) is 0 Å². The summed E-state index contributed by atoms with van der Waals surface area (Å²) in [5.41, 5.74) is 11.4. The number of fused-ring (bicyclic) bond motifs is 7. The van der Waals surface area contributed by atoms with Gasteiger partial charge in [0.2, 0.25) is 0 Å². The van der Waals surface area contributed by atoms with Gasteiger partial charge in [0.05, 0.1) is 10.2 Å². The largest absolute Gasteiger partial charge is 0.236 e. The Morgan fingerprint density at radius 1 is 0.373 bits per heavy atom. The monoisotopic (exact) mass is 788 g/mol. The fourth-order valence-corrected chi connectivity index (χ4v) is 11.1. The Kier molecular flexibility index (Phi) is 7.77. The lowest BCUT2D eigenvalue weighted by atomic mass is 9.71. The van der Waals surface area contributed by atoms with Gasteiger partial charge in [-0.25, -0.2) is 19.9 Å². The minimum absolute atomic E-state index is 0.645. The average molecular weight is 789 g/mol. The molecule has 0 unspecified atom stereocenters. The number of hydrogen-bond donors (Lipinski definition) is 0. The smallest absolute Gasteiger partial charge is 0.164 e. The zero-order chi connectivity index (χ0) is 38.9. The third-order valence-corrected chi connectivity index (χ3v) is 13.9. The molecule has 59 heavy (non-hydrogen) atoms. The van der Waals surface area contributed by atoms with Crippen LogP contribution in [0.4, 0.5) is 0 Å². The van der Waals surface area contributed by atoms with E-state index in [2.05, 4.69) is 170 Å². The van der Waals surface area contributed by atoms with Gasteiger partial charge in [0.25, 0.3) is 0 Å². The molecule has 0 spiro atoms. The topological polar surface area (TPSA) is 51.6 Å². The van der Waals surface area contributed by atoms with Gasteiger partial charge in [0, 0.05) is 36.9 Å². The zero-order valence-electron chi connectivity index (χ0n) is 31.6. The van der Waals surface area contributed by atoms with Crippen LogP contribution in [0.15, 0.2) is 194 Å². The van der Waals surface area contributed by atoms with Crippen LogP contribution in [0.1, 0.15) is 22.5 Å². The first-order valence-electron chi connectivity index (χ1n) is 19.7. The highest BCUT2D eigenvalue weighted by atomic mass is 32.1. The average Bonchev–Trinajstić information content (AvgIpc) is 4.00. The standard InChI is InChI=1S/C53H32N4S2/c1-4-15-33(16-5-1)49-55-50(57-52(56-49)53(37-19-8-3-9-20-37)42-24-12-10-21-38(42)39-22-11-13-25-43(39)53)40-23-14-26-47-48(40)41-31-35(27-29-45(41)58-47)36-28-30-46-44(32-36)54-51(59-46)34-17-6-2-7-18-34/h1-32H. The predicted octanol–water partition coefficient (Wildman–Crippen LogP) is 13.9. The van der Waals surface area contributed by atoms with Crippen LogP contribution in [0.5, 0.6) is 0 Å². The summed E-state index contributed by atoms with van der Waals surface area (Å²) in [4.78, 5) is 21.5. The molecule has 1 aliphatic rings. The van der Waals surface area contributed by atoms with Crippen molar-refractivity contribution in [3.63, 3.8) is 0 Å². The van der Waals surface area contributed by atoms with Crippen LogP contribution in [0.3, 0.4) is 0 Å². The highest BCUT2D eigenvalue weighted by molar-refractivity contribution is 7.26. The van der Waals surface area contributed by atoms with E-state index in [1.165, 1.54) is 41.7 Å². The molecule has 0 atom stereocenters. The Labute approximate surface area is 348 Å². The Hall–Kier alpha value is -7.12. The van der Waals surface area contributed by atoms with Gasteiger partial charge in [-0.3, -0.25) is 0 Å².